The van der Waals surface area contributed by atoms with Gasteiger partial charge in [-0.1, -0.05) is 25.7 Å². The Kier molecular flexibility index (Phi) is 5.72. The van der Waals surface area contributed by atoms with Crippen LogP contribution in [-0.2, 0) is 0 Å². The molecule has 21 heavy (non-hydrogen) atoms. The Morgan fingerprint density at radius 1 is 1.10 bits per heavy atom. The first-order chi connectivity index (χ1) is 10.2. The average molecular weight is 292 g/mol. The van der Waals surface area contributed by atoms with Gasteiger partial charge in [0.1, 0.15) is 11.5 Å². The van der Waals surface area contributed by atoms with Crippen LogP contribution in [0, 0.1) is 0 Å². The molecule has 5 nitrogen and oxygen atoms in total. The smallest absolute Gasteiger partial charge is 0.319 e. The summed E-state index contributed by atoms with van der Waals surface area (Å²) in [7, 11) is 3.17. The lowest BCUT2D eigenvalue weighted by atomic mass is 10.1. The summed E-state index contributed by atoms with van der Waals surface area (Å²) in [4.78, 5) is 12.1. The van der Waals surface area contributed by atoms with Crippen LogP contribution in [0.1, 0.15) is 38.5 Å². The second-order valence-corrected chi connectivity index (χ2v) is 5.35. The number of carbonyl (C=O) groups is 1. The van der Waals surface area contributed by atoms with Gasteiger partial charge in [0.05, 0.1) is 19.9 Å². The van der Waals surface area contributed by atoms with Crippen molar-refractivity contribution in [3.05, 3.63) is 18.2 Å². The van der Waals surface area contributed by atoms with Crippen molar-refractivity contribution in [1.29, 1.82) is 0 Å². The molecule has 1 aromatic carbocycles. The molecule has 0 aromatic heterocycles. The van der Waals surface area contributed by atoms with E-state index < -0.39 is 0 Å². The molecule has 0 radical (unpaired) electrons. The first-order valence-electron chi connectivity index (χ1n) is 7.52. The van der Waals surface area contributed by atoms with E-state index in [0.29, 0.717) is 17.2 Å². The summed E-state index contributed by atoms with van der Waals surface area (Å²) in [5, 5.41) is 5.90. The van der Waals surface area contributed by atoms with E-state index in [1.807, 2.05) is 0 Å². The van der Waals surface area contributed by atoms with Crippen molar-refractivity contribution in [2.45, 2.75) is 44.6 Å². The molecule has 2 rings (SSSR count). The number of urea groups is 1. The van der Waals surface area contributed by atoms with E-state index in [-0.39, 0.29) is 12.1 Å². The van der Waals surface area contributed by atoms with Crippen LogP contribution in [0.4, 0.5) is 10.5 Å². The van der Waals surface area contributed by atoms with Crippen LogP contribution in [0.2, 0.25) is 0 Å². The Morgan fingerprint density at radius 3 is 2.43 bits per heavy atom. The molecule has 2 amide bonds. The van der Waals surface area contributed by atoms with Crippen LogP contribution in [0.15, 0.2) is 18.2 Å². The fourth-order valence-electron chi connectivity index (χ4n) is 2.68. The zero-order valence-electron chi connectivity index (χ0n) is 12.8. The Morgan fingerprint density at radius 2 is 1.81 bits per heavy atom. The number of amides is 2. The highest BCUT2D eigenvalue weighted by Gasteiger charge is 2.16. The van der Waals surface area contributed by atoms with E-state index >= 15 is 0 Å². The van der Waals surface area contributed by atoms with E-state index in [0.717, 1.165) is 12.8 Å². The van der Waals surface area contributed by atoms with Crippen molar-refractivity contribution in [3.63, 3.8) is 0 Å². The molecule has 5 heteroatoms. The van der Waals surface area contributed by atoms with Crippen molar-refractivity contribution in [1.82, 2.24) is 5.32 Å². The SMILES string of the molecule is COc1ccc(OC)c(NC(=O)NC2CCCCCC2)c1. The van der Waals surface area contributed by atoms with Gasteiger partial charge in [-0.3, -0.25) is 0 Å². The zero-order valence-corrected chi connectivity index (χ0v) is 12.8. The number of rotatable bonds is 4. The zero-order chi connectivity index (χ0) is 15.1. The van der Waals surface area contributed by atoms with Crippen LogP contribution < -0.4 is 20.1 Å². The summed E-state index contributed by atoms with van der Waals surface area (Å²) < 4.78 is 10.4. The lowest BCUT2D eigenvalue weighted by Crippen LogP contribution is -2.37. The molecule has 1 aliphatic carbocycles. The highest BCUT2D eigenvalue weighted by molar-refractivity contribution is 5.91. The van der Waals surface area contributed by atoms with Crippen molar-refractivity contribution in [3.8, 4) is 11.5 Å². The maximum Gasteiger partial charge on any atom is 0.319 e. The quantitative estimate of drug-likeness (QED) is 0.834. The minimum absolute atomic E-state index is 0.187. The van der Waals surface area contributed by atoms with Gasteiger partial charge in [0.15, 0.2) is 0 Å². The van der Waals surface area contributed by atoms with Gasteiger partial charge in [0.2, 0.25) is 0 Å². The molecule has 0 spiro atoms. The summed E-state index contributed by atoms with van der Waals surface area (Å²) in [6.07, 6.45) is 7.03. The Balaban J connectivity index is 1.97. The van der Waals surface area contributed by atoms with Gasteiger partial charge in [-0.2, -0.15) is 0 Å². The summed E-state index contributed by atoms with van der Waals surface area (Å²) in [6.45, 7) is 0. The molecular weight excluding hydrogens is 268 g/mol. The van der Waals surface area contributed by atoms with Crippen LogP contribution in [0.5, 0.6) is 11.5 Å². The summed E-state index contributed by atoms with van der Waals surface area (Å²) in [6, 6.07) is 5.41. The third kappa shape index (κ3) is 4.55. The van der Waals surface area contributed by atoms with Gasteiger partial charge in [-0.05, 0) is 25.0 Å². The number of nitrogens with one attached hydrogen (secondary N) is 2. The molecule has 1 saturated carbocycles. The molecule has 0 saturated heterocycles. The first-order valence-corrected chi connectivity index (χ1v) is 7.52. The predicted octanol–water partition coefficient (Wildman–Crippen LogP) is 3.55. The normalized spacial score (nSPS) is 15.9. The molecule has 1 aliphatic rings. The maximum absolute atomic E-state index is 12.1. The van der Waals surface area contributed by atoms with E-state index in [2.05, 4.69) is 10.6 Å². The highest BCUT2D eigenvalue weighted by Crippen LogP contribution is 2.28. The third-order valence-corrected chi connectivity index (χ3v) is 3.85. The second kappa shape index (κ2) is 7.76. The topological polar surface area (TPSA) is 59.6 Å². The fourth-order valence-corrected chi connectivity index (χ4v) is 2.68. The number of carbonyl (C=O) groups excluding carboxylic acids is 1. The molecular formula is C16H24N2O3. The molecule has 1 aromatic rings. The minimum Gasteiger partial charge on any atom is -0.497 e. The van der Waals surface area contributed by atoms with Gasteiger partial charge in [-0.15, -0.1) is 0 Å². The number of hydrogen-bond donors (Lipinski definition) is 2. The second-order valence-electron chi connectivity index (χ2n) is 5.35. The van der Waals surface area contributed by atoms with E-state index in [9.17, 15) is 4.79 Å². The largest absolute Gasteiger partial charge is 0.497 e. The number of anilines is 1. The van der Waals surface area contributed by atoms with E-state index in [4.69, 9.17) is 9.47 Å². The highest BCUT2D eigenvalue weighted by atomic mass is 16.5. The van der Waals surface area contributed by atoms with Gasteiger partial charge >= 0.3 is 6.03 Å². The van der Waals surface area contributed by atoms with Gasteiger partial charge in [0, 0.05) is 12.1 Å². The average Bonchev–Trinajstić information content (AvgIpc) is 2.75. The molecule has 0 atom stereocenters. The number of hydrogen-bond acceptors (Lipinski definition) is 3. The summed E-state index contributed by atoms with van der Waals surface area (Å²) in [5.41, 5.74) is 0.614. The van der Waals surface area contributed by atoms with Gasteiger partial charge in [0.25, 0.3) is 0 Å². The predicted molar refractivity (Wildman–Crippen MR) is 83.2 cm³/mol. The lowest BCUT2D eigenvalue weighted by Gasteiger charge is -2.18. The Bertz CT molecular complexity index is 469. The summed E-state index contributed by atoms with van der Waals surface area (Å²) in [5.74, 6) is 1.30. The standard InChI is InChI=1S/C16H24N2O3/c1-20-13-9-10-15(21-2)14(11-13)18-16(19)17-12-7-5-3-4-6-8-12/h9-12H,3-8H2,1-2H3,(H2,17,18,19). The number of methoxy groups -OCH3 is 2. The van der Waals surface area contributed by atoms with E-state index in [1.165, 1.54) is 25.7 Å². The van der Waals surface area contributed by atoms with Crippen LogP contribution in [0.3, 0.4) is 0 Å². The third-order valence-electron chi connectivity index (χ3n) is 3.85. The van der Waals surface area contributed by atoms with Crippen molar-refractivity contribution in [2.24, 2.45) is 0 Å². The summed E-state index contributed by atoms with van der Waals surface area (Å²) >= 11 is 0. The van der Waals surface area contributed by atoms with E-state index in [1.54, 1.807) is 32.4 Å². The first kappa shape index (κ1) is 15.5. The molecule has 0 heterocycles. The molecule has 2 N–H and O–H groups in total. The van der Waals surface area contributed by atoms with Crippen molar-refractivity contribution in [2.75, 3.05) is 19.5 Å². The van der Waals surface area contributed by atoms with Crippen LogP contribution in [-0.4, -0.2) is 26.3 Å². The number of benzene rings is 1. The monoisotopic (exact) mass is 292 g/mol. The molecule has 0 bridgehead atoms. The van der Waals surface area contributed by atoms with Gasteiger partial charge in [-0.25, -0.2) is 4.79 Å². The molecule has 1 fully saturated rings. The minimum atomic E-state index is -0.187. The lowest BCUT2D eigenvalue weighted by molar-refractivity contribution is 0.247. The number of ether oxygens (including phenoxy) is 2. The molecule has 116 valence electrons. The van der Waals surface area contributed by atoms with Crippen LogP contribution >= 0.6 is 0 Å². The molecule has 0 aliphatic heterocycles. The van der Waals surface area contributed by atoms with Crippen molar-refractivity contribution < 1.29 is 14.3 Å². The van der Waals surface area contributed by atoms with Crippen molar-refractivity contribution >= 4 is 11.7 Å². The van der Waals surface area contributed by atoms with Gasteiger partial charge < -0.3 is 20.1 Å². The Hall–Kier alpha value is -1.91. The Labute approximate surface area is 126 Å². The fraction of sp³-hybridized carbons (Fsp3) is 0.562. The molecule has 0 unspecified atom stereocenters. The maximum atomic E-state index is 12.1. The van der Waals surface area contributed by atoms with Crippen LogP contribution in [0.25, 0.3) is 0 Å².